The third kappa shape index (κ3) is 3.13. The maximum absolute atomic E-state index is 11.9. The van der Waals surface area contributed by atoms with Gasteiger partial charge in [0.2, 0.25) is 0 Å². The average Bonchev–Trinajstić information content (AvgIpc) is 2.82. The van der Waals surface area contributed by atoms with Crippen molar-refractivity contribution in [3.63, 3.8) is 0 Å². The van der Waals surface area contributed by atoms with Gasteiger partial charge in [0.05, 0.1) is 21.1 Å². The van der Waals surface area contributed by atoms with E-state index in [0.29, 0.717) is 25.2 Å². The van der Waals surface area contributed by atoms with E-state index in [4.69, 9.17) is 9.15 Å². The molecular formula is C16H13Br2NO3. The van der Waals surface area contributed by atoms with Crippen LogP contribution in [0.1, 0.15) is 6.42 Å². The van der Waals surface area contributed by atoms with Crippen LogP contribution >= 0.6 is 31.9 Å². The van der Waals surface area contributed by atoms with Crippen LogP contribution in [-0.4, -0.2) is 11.2 Å². The lowest BCUT2D eigenvalue weighted by molar-refractivity contribution is 0.296. The summed E-state index contributed by atoms with van der Waals surface area (Å²) in [7, 11) is 0. The molecule has 0 saturated heterocycles. The van der Waals surface area contributed by atoms with Crippen LogP contribution in [0, 0.1) is 0 Å². The second-order valence-corrected chi connectivity index (χ2v) is 6.45. The van der Waals surface area contributed by atoms with Crippen LogP contribution in [0.4, 0.5) is 0 Å². The second-order valence-electron chi connectivity index (χ2n) is 4.74. The molecule has 2 aromatic carbocycles. The number of benzene rings is 2. The highest BCUT2D eigenvalue weighted by Gasteiger charge is 2.09. The Balaban J connectivity index is 1.66. The molecule has 0 radical (unpaired) electrons. The largest absolute Gasteiger partial charge is 0.491 e. The van der Waals surface area contributed by atoms with Crippen molar-refractivity contribution < 1.29 is 9.15 Å². The highest BCUT2D eigenvalue weighted by Crippen LogP contribution is 2.33. The van der Waals surface area contributed by atoms with Gasteiger partial charge in [-0.25, -0.2) is 4.79 Å². The van der Waals surface area contributed by atoms with Gasteiger partial charge >= 0.3 is 5.76 Å². The number of aromatic nitrogens is 1. The van der Waals surface area contributed by atoms with E-state index in [1.807, 2.05) is 36.4 Å². The minimum absolute atomic E-state index is 0.330. The molecule has 22 heavy (non-hydrogen) atoms. The Morgan fingerprint density at radius 1 is 1.05 bits per heavy atom. The van der Waals surface area contributed by atoms with Crippen molar-refractivity contribution in [2.45, 2.75) is 13.0 Å². The summed E-state index contributed by atoms with van der Waals surface area (Å²) >= 11 is 6.91. The Bertz CT molecular complexity index is 834. The van der Waals surface area contributed by atoms with Crippen LogP contribution < -0.4 is 10.5 Å². The number of hydrogen-bond donors (Lipinski definition) is 0. The van der Waals surface area contributed by atoms with E-state index in [1.54, 1.807) is 10.6 Å². The molecule has 0 atom stereocenters. The maximum Gasteiger partial charge on any atom is 0.419 e. The number of aryl methyl sites for hydroxylation is 1. The van der Waals surface area contributed by atoms with Crippen molar-refractivity contribution in [1.29, 1.82) is 0 Å². The number of nitrogens with zero attached hydrogens (tertiary/aromatic N) is 1. The molecular weight excluding hydrogens is 414 g/mol. The molecule has 0 aliphatic heterocycles. The Morgan fingerprint density at radius 3 is 2.55 bits per heavy atom. The number of rotatable bonds is 5. The van der Waals surface area contributed by atoms with Crippen LogP contribution in [0.5, 0.6) is 5.75 Å². The van der Waals surface area contributed by atoms with Crippen LogP contribution in [0.2, 0.25) is 0 Å². The molecule has 0 spiro atoms. The van der Waals surface area contributed by atoms with Crippen molar-refractivity contribution in [3.05, 3.63) is 62.0 Å². The third-order valence-corrected chi connectivity index (χ3v) is 4.51. The lowest BCUT2D eigenvalue weighted by Crippen LogP contribution is -2.15. The zero-order valence-electron chi connectivity index (χ0n) is 11.6. The smallest absolute Gasteiger partial charge is 0.419 e. The van der Waals surface area contributed by atoms with E-state index in [-0.39, 0.29) is 5.76 Å². The quantitative estimate of drug-likeness (QED) is 0.560. The molecule has 1 heterocycles. The summed E-state index contributed by atoms with van der Waals surface area (Å²) in [5, 5.41) is 0. The molecule has 0 unspecified atom stereocenters. The summed E-state index contributed by atoms with van der Waals surface area (Å²) in [5.41, 5.74) is 1.43. The third-order valence-electron chi connectivity index (χ3n) is 3.27. The molecule has 3 rings (SSSR count). The van der Waals surface area contributed by atoms with Gasteiger partial charge in [-0.15, -0.1) is 0 Å². The molecule has 0 saturated carbocycles. The first-order chi connectivity index (χ1) is 10.7. The number of para-hydroxylation sites is 3. The molecule has 1 aromatic heterocycles. The van der Waals surface area contributed by atoms with E-state index in [1.165, 1.54) is 0 Å². The molecule has 114 valence electrons. The monoisotopic (exact) mass is 425 g/mol. The van der Waals surface area contributed by atoms with Gasteiger partial charge in [0.15, 0.2) is 5.58 Å². The van der Waals surface area contributed by atoms with Gasteiger partial charge in [0.25, 0.3) is 0 Å². The zero-order chi connectivity index (χ0) is 15.5. The van der Waals surface area contributed by atoms with Crippen molar-refractivity contribution in [2.24, 2.45) is 0 Å². The van der Waals surface area contributed by atoms with Crippen molar-refractivity contribution >= 4 is 43.0 Å². The first kappa shape index (κ1) is 15.4. The van der Waals surface area contributed by atoms with Gasteiger partial charge in [-0.3, -0.25) is 4.57 Å². The predicted molar refractivity (Wildman–Crippen MR) is 92.4 cm³/mol. The first-order valence-corrected chi connectivity index (χ1v) is 8.40. The maximum atomic E-state index is 11.9. The molecule has 0 aliphatic rings. The Kier molecular flexibility index (Phi) is 4.69. The van der Waals surface area contributed by atoms with Crippen molar-refractivity contribution in [2.75, 3.05) is 6.61 Å². The van der Waals surface area contributed by atoms with Gasteiger partial charge in [-0.05, 0) is 62.5 Å². The minimum Gasteiger partial charge on any atom is -0.491 e. The number of ether oxygens (including phenoxy) is 1. The first-order valence-electron chi connectivity index (χ1n) is 6.82. The molecule has 6 heteroatoms. The molecule has 0 N–H and O–H groups in total. The lowest BCUT2D eigenvalue weighted by Gasteiger charge is -2.10. The van der Waals surface area contributed by atoms with E-state index in [0.717, 1.165) is 20.2 Å². The van der Waals surface area contributed by atoms with Gasteiger partial charge < -0.3 is 9.15 Å². The number of halogens is 2. The molecule has 0 aliphatic carbocycles. The SMILES string of the molecule is O=c1oc2ccccc2n1CCCOc1c(Br)cccc1Br. The van der Waals surface area contributed by atoms with Crippen molar-refractivity contribution in [3.8, 4) is 5.75 Å². The Morgan fingerprint density at radius 2 is 1.77 bits per heavy atom. The summed E-state index contributed by atoms with van der Waals surface area (Å²) in [6.07, 6.45) is 0.706. The topological polar surface area (TPSA) is 44.4 Å². The normalized spacial score (nSPS) is 11.0. The molecule has 0 bridgehead atoms. The van der Waals surface area contributed by atoms with Crippen LogP contribution in [0.25, 0.3) is 11.1 Å². The molecule has 4 nitrogen and oxygen atoms in total. The van der Waals surface area contributed by atoms with E-state index in [9.17, 15) is 4.79 Å². The fourth-order valence-corrected chi connectivity index (χ4v) is 3.47. The Labute approximate surface area is 143 Å². The summed E-state index contributed by atoms with van der Waals surface area (Å²) in [6, 6.07) is 13.2. The van der Waals surface area contributed by atoms with Crippen LogP contribution in [-0.2, 0) is 6.54 Å². The molecule has 0 amide bonds. The van der Waals surface area contributed by atoms with Crippen LogP contribution in [0.3, 0.4) is 0 Å². The second kappa shape index (κ2) is 6.71. The number of oxazole rings is 1. The van der Waals surface area contributed by atoms with Crippen molar-refractivity contribution in [1.82, 2.24) is 4.57 Å². The predicted octanol–water partition coefficient (Wildman–Crippen LogP) is 4.59. The van der Waals surface area contributed by atoms with Gasteiger partial charge in [0.1, 0.15) is 5.75 Å². The van der Waals surface area contributed by atoms with Gasteiger partial charge in [-0.2, -0.15) is 0 Å². The highest BCUT2D eigenvalue weighted by molar-refractivity contribution is 9.11. The average molecular weight is 427 g/mol. The highest BCUT2D eigenvalue weighted by atomic mass is 79.9. The summed E-state index contributed by atoms with van der Waals surface area (Å²) in [4.78, 5) is 11.9. The van der Waals surface area contributed by atoms with E-state index >= 15 is 0 Å². The fraction of sp³-hybridized carbons (Fsp3) is 0.188. The van der Waals surface area contributed by atoms with E-state index < -0.39 is 0 Å². The summed E-state index contributed by atoms with van der Waals surface area (Å²) in [5.74, 6) is 0.440. The van der Waals surface area contributed by atoms with Crippen LogP contribution in [0.15, 0.2) is 60.6 Å². The Hall–Kier alpha value is -1.53. The number of fused-ring (bicyclic) bond motifs is 1. The van der Waals surface area contributed by atoms with Gasteiger partial charge in [-0.1, -0.05) is 18.2 Å². The summed E-state index contributed by atoms with van der Waals surface area (Å²) in [6.45, 7) is 1.06. The number of hydrogen-bond acceptors (Lipinski definition) is 3. The standard InChI is InChI=1S/C16H13Br2NO3/c17-11-5-3-6-12(18)15(11)21-10-4-9-19-13-7-1-2-8-14(13)22-16(19)20/h1-3,5-8H,4,9-10H2. The fourth-order valence-electron chi connectivity index (χ4n) is 2.24. The zero-order valence-corrected chi connectivity index (χ0v) is 14.8. The molecule has 3 aromatic rings. The van der Waals surface area contributed by atoms with E-state index in [2.05, 4.69) is 31.9 Å². The minimum atomic E-state index is -0.330. The van der Waals surface area contributed by atoms with Gasteiger partial charge in [0, 0.05) is 6.54 Å². The molecule has 0 fully saturated rings. The lowest BCUT2D eigenvalue weighted by atomic mass is 10.3. The summed E-state index contributed by atoms with van der Waals surface area (Å²) < 4.78 is 14.4.